The number of amides is 1. The van der Waals surface area contributed by atoms with Crippen LogP contribution in [0.2, 0.25) is 0 Å². The van der Waals surface area contributed by atoms with Crippen molar-refractivity contribution in [2.45, 2.75) is 31.2 Å². The quantitative estimate of drug-likeness (QED) is 0.767. The van der Waals surface area contributed by atoms with Crippen molar-refractivity contribution in [1.29, 1.82) is 5.26 Å². The van der Waals surface area contributed by atoms with Gasteiger partial charge in [-0.05, 0) is 62.2 Å². The highest BCUT2D eigenvalue weighted by atomic mass is 16.1. The number of aromatic nitrogens is 1. The molecule has 7 heteroatoms. The average Bonchev–Trinajstić information content (AvgIpc) is 2.85. The summed E-state index contributed by atoms with van der Waals surface area (Å²) in [6, 6.07) is 13.9. The molecule has 1 N–H and O–H groups in total. The minimum absolute atomic E-state index is 0.215. The average molecular weight is 443 g/mol. The molecule has 7 nitrogen and oxygen atoms in total. The molecule has 1 aromatic carbocycles. The molecule has 2 aliphatic heterocycles. The van der Waals surface area contributed by atoms with Gasteiger partial charge in [-0.1, -0.05) is 18.2 Å². The Morgan fingerprint density at radius 2 is 1.85 bits per heavy atom. The zero-order valence-corrected chi connectivity index (χ0v) is 19.7. The number of nitrogens with zero attached hydrogens (tertiary/aromatic N) is 5. The maximum absolute atomic E-state index is 13.2. The van der Waals surface area contributed by atoms with Gasteiger partial charge in [-0.25, -0.2) is 9.98 Å². The molecule has 0 aliphatic carbocycles. The van der Waals surface area contributed by atoms with Crippen LogP contribution < -0.4 is 10.2 Å². The van der Waals surface area contributed by atoms with Gasteiger partial charge in [0.2, 0.25) is 0 Å². The zero-order chi connectivity index (χ0) is 23.6. The van der Waals surface area contributed by atoms with E-state index in [9.17, 15) is 10.1 Å². The SMILES string of the molecule is CNC1CCN(C2=CC(C)(c3ccc(N(C)C)nc3)C(c3ccc(C#N)cc3)=NC2=O)CC1. The van der Waals surface area contributed by atoms with Gasteiger partial charge in [0.05, 0.1) is 22.8 Å². The largest absolute Gasteiger partial charge is 0.367 e. The van der Waals surface area contributed by atoms with E-state index in [4.69, 9.17) is 0 Å². The van der Waals surface area contributed by atoms with Crippen LogP contribution in [0.4, 0.5) is 5.82 Å². The van der Waals surface area contributed by atoms with Gasteiger partial charge in [0, 0.05) is 39.4 Å². The number of carbonyl (C=O) groups is 1. The molecule has 1 saturated heterocycles. The molecule has 170 valence electrons. The van der Waals surface area contributed by atoms with Crippen molar-refractivity contribution in [3.05, 3.63) is 71.1 Å². The monoisotopic (exact) mass is 442 g/mol. The van der Waals surface area contributed by atoms with Gasteiger partial charge in [-0.3, -0.25) is 4.79 Å². The van der Waals surface area contributed by atoms with E-state index in [2.05, 4.69) is 45.3 Å². The molecular formula is C26H30N6O. The summed E-state index contributed by atoms with van der Waals surface area (Å²) in [7, 11) is 5.90. The van der Waals surface area contributed by atoms with Crippen molar-refractivity contribution in [2.75, 3.05) is 39.1 Å². The molecule has 1 unspecified atom stereocenters. The Morgan fingerprint density at radius 3 is 2.39 bits per heavy atom. The number of carbonyl (C=O) groups excluding carboxylic acids is 1. The number of nitriles is 1. The molecular weight excluding hydrogens is 412 g/mol. The highest BCUT2D eigenvalue weighted by Gasteiger charge is 2.39. The number of allylic oxidation sites excluding steroid dienone is 1. The first-order chi connectivity index (χ1) is 15.9. The minimum Gasteiger partial charge on any atom is -0.367 e. The van der Waals surface area contributed by atoms with Crippen LogP contribution in [0.1, 0.15) is 36.5 Å². The van der Waals surface area contributed by atoms with Crippen molar-refractivity contribution < 1.29 is 4.79 Å². The molecule has 2 aromatic rings. The predicted molar refractivity (Wildman–Crippen MR) is 130 cm³/mol. The molecule has 2 aliphatic rings. The fourth-order valence-electron chi connectivity index (χ4n) is 4.56. The fourth-order valence-corrected chi connectivity index (χ4v) is 4.56. The van der Waals surface area contributed by atoms with Crippen LogP contribution in [-0.4, -0.2) is 61.8 Å². The first-order valence-electron chi connectivity index (χ1n) is 11.3. The lowest BCUT2D eigenvalue weighted by molar-refractivity contribution is -0.116. The highest BCUT2D eigenvalue weighted by molar-refractivity contribution is 6.18. The van der Waals surface area contributed by atoms with E-state index in [0.29, 0.717) is 23.0 Å². The van der Waals surface area contributed by atoms with Crippen molar-refractivity contribution >= 4 is 17.4 Å². The fraction of sp³-hybridized carbons (Fsp3) is 0.385. The minimum atomic E-state index is -0.644. The molecule has 3 heterocycles. The molecule has 1 atom stereocenters. The predicted octanol–water partition coefficient (Wildman–Crippen LogP) is 2.87. The lowest BCUT2D eigenvalue weighted by atomic mass is 9.73. The van der Waals surface area contributed by atoms with Crippen LogP contribution in [0.3, 0.4) is 0 Å². The van der Waals surface area contributed by atoms with Crippen molar-refractivity contribution in [2.24, 2.45) is 4.99 Å². The van der Waals surface area contributed by atoms with Crippen molar-refractivity contribution in [3.63, 3.8) is 0 Å². The number of nitrogens with one attached hydrogen (secondary N) is 1. The maximum Gasteiger partial charge on any atom is 0.293 e. The normalized spacial score (nSPS) is 21.3. The van der Waals surface area contributed by atoms with Gasteiger partial charge in [0.1, 0.15) is 11.5 Å². The third kappa shape index (κ3) is 4.39. The molecule has 1 fully saturated rings. The summed E-state index contributed by atoms with van der Waals surface area (Å²) in [6.07, 6.45) is 5.90. The van der Waals surface area contributed by atoms with E-state index in [1.165, 1.54) is 0 Å². The van der Waals surface area contributed by atoms with Crippen molar-refractivity contribution in [3.8, 4) is 6.07 Å². The summed E-state index contributed by atoms with van der Waals surface area (Å²) in [5.74, 6) is 0.650. The number of hydrogen-bond donors (Lipinski definition) is 1. The molecule has 33 heavy (non-hydrogen) atoms. The Labute approximate surface area is 195 Å². The Bertz CT molecular complexity index is 1120. The van der Waals surface area contributed by atoms with Crippen LogP contribution in [0, 0.1) is 11.3 Å². The van der Waals surface area contributed by atoms with E-state index >= 15 is 0 Å². The number of anilines is 1. The van der Waals surface area contributed by atoms with Gasteiger partial charge < -0.3 is 15.1 Å². The Morgan fingerprint density at radius 1 is 1.15 bits per heavy atom. The van der Waals surface area contributed by atoms with Crippen LogP contribution >= 0.6 is 0 Å². The van der Waals surface area contributed by atoms with Crippen LogP contribution in [0.5, 0.6) is 0 Å². The summed E-state index contributed by atoms with van der Waals surface area (Å²) in [5, 5.41) is 12.5. The smallest absolute Gasteiger partial charge is 0.293 e. The van der Waals surface area contributed by atoms with Crippen molar-refractivity contribution in [1.82, 2.24) is 15.2 Å². The van der Waals surface area contributed by atoms with E-state index in [0.717, 1.165) is 42.9 Å². The number of benzene rings is 1. The summed E-state index contributed by atoms with van der Waals surface area (Å²) < 4.78 is 0. The number of pyridine rings is 1. The number of piperidine rings is 1. The summed E-state index contributed by atoms with van der Waals surface area (Å²) in [6.45, 7) is 3.72. The van der Waals surface area contributed by atoms with E-state index in [-0.39, 0.29) is 5.91 Å². The van der Waals surface area contributed by atoms with Gasteiger partial charge in [0.25, 0.3) is 5.91 Å². The molecule has 4 rings (SSSR count). The number of likely N-dealkylation sites (tertiary alicyclic amines) is 1. The molecule has 0 bridgehead atoms. The lowest BCUT2D eigenvalue weighted by Gasteiger charge is -2.38. The number of hydrogen-bond acceptors (Lipinski definition) is 6. The topological polar surface area (TPSA) is 84.6 Å². The molecule has 1 amide bonds. The second-order valence-corrected chi connectivity index (χ2v) is 9.04. The van der Waals surface area contributed by atoms with Crippen LogP contribution in [-0.2, 0) is 10.2 Å². The summed E-state index contributed by atoms with van der Waals surface area (Å²) in [5.41, 5.74) is 3.04. The first-order valence-corrected chi connectivity index (χ1v) is 11.3. The van der Waals surface area contributed by atoms with E-state index in [1.54, 1.807) is 12.1 Å². The third-order valence-electron chi connectivity index (χ3n) is 6.69. The standard InChI is InChI=1S/C26H30N6O/c1-26(20-9-10-23(29-17-20)31(3)4)15-22(32-13-11-21(28-2)12-14-32)25(33)30-24(26)19-7-5-18(16-27)6-8-19/h5-10,15,17,21,28H,11-14H2,1-4H3. The summed E-state index contributed by atoms with van der Waals surface area (Å²) >= 11 is 0. The highest BCUT2D eigenvalue weighted by Crippen LogP contribution is 2.36. The summed E-state index contributed by atoms with van der Waals surface area (Å²) in [4.78, 5) is 26.6. The molecule has 0 saturated carbocycles. The Hall–Kier alpha value is -3.50. The van der Waals surface area contributed by atoms with Crippen LogP contribution in [0.15, 0.2) is 59.4 Å². The van der Waals surface area contributed by atoms with E-state index < -0.39 is 5.41 Å². The van der Waals surface area contributed by atoms with Gasteiger partial charge in [-0.2, -0.15) is 5.26 Å². The Balaban J connectivity index is 1.78. The second kappa shape index (κ2) is 9.16. The number of dihydropyridines is 1. The third-order valence-corrected chi connectivity index (χ3v) is 6.69. The molecule has 0 radical (unpaired) electrons. The maximum atomic E-state index is 13.2. The van der Waals surface area contributed by atoms with Gasteiger partial charge >= 0.3 is 0 Å². The Kier molecular flexibility index (Phi) is 6.30. The second-order valence-electron chi connectivity index (χ2n) is 9.04. The van der Waals surface area contributed by atoms with Gasteiger partial charge in [0.15, 0.2) is 0 Å². The van der Waals surface area contributed by atoms with Gasteiger partial charge in [-0.15, -0.1) is 0 Å². The van der Waals surface area contributed by atoms with Crippen LogP contribution in [0.25, 0.3) is 0 Å². The number of rotatable bonds is 5. The number of aliphatic imine (C=N–C) groups is 1. The molecule has 0 spiro atoms. The first kappa shape index (κ1) is 22.7. The van der Waals surface area contributed by atoms with E-state index in [1.807, 2.05) is 50.4 Å². The molecule has 1 aromatic heterocycles. The lowest BCUT2D eigenvalue weighted by Crippen LogP contribution is -2.45. The zero-order valence-electron chi connectivity index (χ0n) is 19.7.